The van der Waals surface area contributed by atoms with Gasteiger partial charge >= 0.3 is 0 Å². The summed E-state index contributed by atoms with van der Waals surface area (Å²) in [6.45, 7) is 6.13. The fourth-order valence-electron chi connectivity index (χ4n) is 1.70. The molecule has 0 spiro atoms. The second kappa shape index (κ2) is 5.24. The van der Waals surface area contributed by atoms with Crippen LogP contribution in [-0.4, -0.2) is 13.2 Å². The van der Waals surface area contributed by atoms with Gasteiger partial charge in [-0.25, -0.2) is 0 Å². The van der Waals surface area contributed by atoms with E-state index in [4.69, 9.17) is 4.74 Å². The molecule has 1 N–H and O–H groups in total. The van der Waals surface area contributed by atoms with Gasteiger partial charge in [-0.3, -0.25) is 0 Å². The van der Waals surface area contributed by atoms with Crippen molar-refractivity contribution in [3.63, 3.8) is 0 Å². The van der Waals surface area contributed by atoms with E-state index >= 15 is 0 Å². The van der Waals surface area contributed by atoms with E-state index in [1.165, 1.54) is 18.4 Å². The van der Waals surface area contributed by atoms with Gasteiger partial charge in [0.25, 0.3) is 0 Å². The summed E-state index contributed by atoms with van der Waals surface area (Å²) < 4.78 is 5.73. The Morgan fingerprint density at radius 3 is 2.88 bits per heavy atom. The maximum absolute atomic E-state index is 5.73. The van der Waals surface area contributed by atoms with Crippen LogP contribution in [0.1, 0.15) is 31.7 Å². The molecule has 16 heavy (non-hydrogen) atoms. The summed E-state index contributed by atoms with van der Waals surface area (Å²) in [5.41, 5.74) is 2.43. The molecule has 1 fully saturated rings. The molecule has 0 radical (unpaired) electrons. The highest BCUT2D eigenvalue weighted by molar-refractivity contribution is 5.58. The van der Waals surface area contributed by atoms with Gasteiger partial charge in [0.15, 0.2) is 0 Å². The van der Waals surface area contributed by atoms with E-state index < -0.39 is 0 Å². The maximum Gasteiger partial charge on any atom is 0.142 e. The summed E-state index contributed by atoms with van der Waals surface area (Å²) in [6, 6.07) is 6.35. The molecule has 1 saturated carbocycles. The predicted octanol–water partition coefficient (Wildman–Crippen LogP) is 3.61. The zero-order valence-corrected chi connectivity index (χ0v) is 10.3. The van der Waals surface area contributed by atoms with Crippen LogP contribution in [0, 0.1) is 12.8 Å². The first-order valence-corrected chi connectivity index (χ1v) is 6.27. The molecule has 1 aromatic rings. The lowest BCUT2D eigenvalue weighted by molar-refractivity contribution is 0.318. The van der Waals surface area contributed by atoms with Crippen LogP contribution in [0.5, 0.6) is 5.75 Å². The molecule has 0 aromatic heterocycles. The van der Waals surface area contributed by atoms with E-state index in [-0.39, 0.29) is 0 Å². The summed E-state index contributed by atoms with van der Waals surface area (Å²) in [5.74, 6) is 1.88. The minimum absolute atomic E-state index is 0.793. The summed E-state index contributed by atoms with van der Waals surface area (Å²) in [7, 11) is 0. The van der Waals surface area contributed by atoms with Gasteiger partial charge in [-0.15, -0.1) is 0 Å². The molecular formula is C14H21NO. The molecule has 0 heterocycles. The fraction of sp³-hybridized carbons (Fsp3) is 0.571. The number of anilines is 1. The lowest BCUT2D eigenvalue weighted by atomic mass is 10.2. The quantitative estimate of drug-likeness (QED) is 0.789. The van der Waals surface area contributed by atoms with Crippen molar-refractivity contribution in [2.45, 2.75) is 33.1 Å². The molecule has 2 rings (SSSR count). The normalized spacial score (nSPS) is 14.9. The average Bonchev–Trinajstić information content (AvgIpc) is 3.09. The van der Waals surface area contributed by atoms with E-state index in [2.05, 4.69) is 37.4 Å². The van der Waals surface area contributed by atoms with Gasteiger partial charge in [-0.2, -0.15) is 0 Å². The lowest BCUT2D eigenvalue weighted by Crippen LogP contribution is -2.06. The van der Waals surface area contributed by atoms with Crippen molar-refractivity contribution < 1.29 is 4.74 Å². The van der Waals surface area contributed by atoms with Gasteiger partial charge in [0.1, 0.15) is 5.75 Å². The summed E-state index contributed by atoms with van der Waals surface area (Å²) >= 11 is 0. The number of aryl methyl sites for hydroxylation is 1. The second-order valence-electron chi connectivity index (χ2n) is 4.67. The Hall–Kier alpha value is -1.18. The molecule has 1 aromatic carbocycles. The van der Waals surface area contributed by atoms with Crippen molar-refractivity contribution in [2.75, 3.05) is 18.5 Å². The van der Waals surface area contributed by atoms with Crippen LogP contribution in [0.4, 0.5) is 5.69 Å². The molecule has 0 aliphatic heterocycles. The minimum atomic E-state index is 0.793. The second-order valence-corrected chi connectivity index (χ2v) is 4.67. The first kappa shape index (κ1) is 11.3. The SMILES string of the molecule is CCCOc1ccc(C)cc1NCC1CC1. The maximum atomic E-state index is 5.73. The number of ether oxygens (including phenoxy) is 1. The van der Waals surface area contributed by atoms with Crippen LogP contribution in [0.2, 0.25) is 0 Å². The molecule has 0 bridgehead atoms. The summed E-state index contributed by atoms with van der Waals surface area (Å²) in [4.78, 5) is 0. The Labute approximate surface area is 98.0 Å². The Kier molecular flexibility index (Phi) is 3.70. The molecule has 1 aliphatic rings. The Morgan fingerprint density at radius 1 is 1.38 bits per heavy atom. The highest BCUT2D eigenvalue weighted by Crippen LogP contribution is 2.31. The average molecular weight is 219 g/mol. The van der Waals surface area contributed by atoms with Crippen molar-refractivity contribution in [3.8, 4) is 5.75 Å². The first-order chi connectivity index (χ1) is 7.79. The lowest BCUT2D eigenvalue weighted by Gasteiger charge is -2.13. The molecule has 2 nitrogen and oxygen atoms in total. The number of benzene rings is 1. The van der Waals surface area contributed by atoms with E-state index in [0.29, 0.717) is 0 Å². The third kappa shape index (κ3) is 3.16. The van der Waals surface area contributed by atoms with Crippen molar-refractivity contribution in [1.29, 1.82) is 0 Å². The molecule has 0 amide bonds. The van der Waals surface area contributed by atoms with Gasteiger partial charge in [0.2, 0.25) is 0 Å². The molecule has 0 saturated heterocycles. The molecular weight excluding hydrogens is 198 g/mol. The highest BCUT2D eigenvalue weighted by atomic mass is 16.5. The predicted molar refractivity (Wildman–Crippen MR) is 68.2 cm³/mol. The molecule has 1 aliphatic carbocycles. The van der Waals surface area contributed by atoms with Crippen LogP contribution >= 0.6 is 0 Å². The molecule has 88 valence electrons. The standard InChI is InChI=1S/C14H21NO/c1-3-8-16-14-7-4-11(2)9-13(14)15-10-12-5-6-12/h4,7,9,12,15H,3,5-6,8,10H2,1-2H3. The van der Waals surface area contributed by atoms with Crippen molar-refractivity contribution in [3.05, 3.63) is 23.8 Å². The first-order valence-electron chi connectivity index (χ1n) is 6.27. The fourth-order valence-corrected chi connectivity index (χ4v) is 1.70. The third-order valence-corrected chi connectivity index (χ3v) is 2.87. The topological polar surface area (TPSA) is 21.3 Å². The van der Waals surface area contributed by atoms with Crippen LogP contribution in [0.3, 0.4) is 0 Å². The van der Waals surface area contributed by atoms with Gasteiger partial charge in [0.05, 0.1) is 12.3 Å². The van der Waals surface area contributed by atoms with E-state index in [9.17, 15) is 0 Å². The summed E-state index contributed by atoms with van der Waals surface area (Å²) in [5, 5.41) is 3.50. The molecule has 2 heteroatoms. The summed E-state index contributed by atoms with van der Waals surface area (Å²) in [6.07, 6.45) is 3.81. The largest absolute Gasteiger partial charge is 0.491 e. The van der Waals surface area contributed by atoms with Crippen molar-refractivity contribution in [1.82, 2.24) is 0 Å². The van der Waals surface area contributed by atoms with Crippen LogP contribution in [0.15, 0.2) is 18.2 Å². The van der Waals surface area contributed by atoms with Crippen LogP contribution in [0.25, 0.3) is 0 Å². The van der Waals surface area contributed by atoms with Crippen molar-refractivity contribution in [2.24, 2.45) is 5.92 Å². The van der Waals surface area contributed by atoms with Gasteiger partial charge in [-0.05, 0) is 49.8 Å². The highest BCUT2D eigenvalue weighted by Gasteiger charge is 2.21. The van der Waals surface area contributed by atoms with Gasteiger partial charge in [-0.1, -0.05) is 13.0 Å². The number of nitrogens with one attached hydrogen (secondary N) is 1. The number of hydrogen-bond acceptors (Lipinski definition) is 2. The zero-order chi connectivity index (χ0) is 11.4. The van der Waals surface area contributed by atoms with Gasteiger partial charge < -0.3 is 10.1 Å². The number of hydrogen-bond donors (Lipinski definition) is 1. The smallest absolute Gasteiger partial charge is 0.142 e. The Bertz CT molecular complexity index is 345. The van der Waals surface area contributed by atoms with Crippen molar-refractivity contribution >= 4 is 5.69 Å². The zero-order valence-electron chi connectivity index (χ0n) is 10.3. The Morgan fingerprint density at radius 2 is 2.19 bits per heavy atom. The van der Waals surface area contributed by atoms with E-state index in [0.717, 1.165) is 36.9 Å². The molecule has 0 unspecified atom stereocenters. The Balaban J connectivity index is 2.01. The van der Waals surface area contributed by atoms with Crippen LogP contribution in [-0.2, 0) is 0 Å². The van der Waals surface area contributed by atoms with Crippen LogP contribution < -0.4 is 10.1 Å². The van der Waals surface area contributed by atoms with E-state index in [1.807, 2.05) is 0 Å². The van der Waals surface area contributed by atoms with E-state index in [1.54, 1.807) is 0 Å². The minimum Gasteiger partial charge on any atom is -0.491 e. The monoisotopic (exact) mass is 219 g/mol. The third-order valence-electron chi connectivity index (χ3n) is 2.87. The van der Waals surface area contributed by atoms with Gasteiger partial charge in [0, 0.05) is 6.54 Å². The number of rotatable bonds is 6. The molecule has 0 atom stereocenters.